The third kappa shape index (κ3) is 2.64. The van der Waals surface area contributed by atoms with Crippen LogP contribution in [0.4, 0.5) is 0 Å². The zero-order valence-electron chi connectivity index (χ0n) is 14.4. The number of imidazole rings is 1. The number of rotatable bonds is 3. The molecule has 0 unspecified atom stereocenters. The molecule has 0 saturated carbocycles. The van der Waals surface area contributed by atoms with E-state index in [2.05, 4.69) is 31.0 Å². The molecule has 0 radical (unpaired) electrons. The van der Waals surface area contributed by atoms with Gasteiger partial charge in [-0.2, -0.15) is 9.40 Å². The third-order valence-electron chi connectivity index (χ3n) is 4.82. The molecule has 8 nitrogen and oxygen atoms in total. The quantitative estimate of drug-likeness (QED) is 0.490. The fraction of sp³-hybridized carbons (Fsp3) is 0.111. The van der Waals surface area contributed by atoms with Crippen LogP contribution in [0.1, 0.15) is 11.3 Å². The monoisotopic (exact) mass is 459 g/mol. The molecule has 1 aliphatic heterocycles. The summed E-state index contributed by atoms with van der Waals surface area (Å²) in [7, 11) is -3.78. The lowest BCUT2D eigenvalue weighted by molar-refractivity contribution is 0.424. The summed E-state index contributed by atoms with van der Waals surface area (Å²) in [6.45, 7) is 0.472. The molecule has 0 spiro atoms. The highest BCUT2D eigenvalue weighted by Crippen LogP contribution is 2.34. The summed E-state index contributed by atoms with van der Waals surface area (Å²) >= 11 is 3.33. The molecule has 1 aliphatic rings. The van der Waals surface area contributed by atoms with Gasteiger partial charge >= 0.3 is 5.69 Å². The number of sulfonamides is 1. The molecular weight excluding hydrogens is 446 g/mol. The molecule has 4 aromatic rings. The summed E-state index contributed by atoms with van der Waals surface area (Å²) in [5.41, 5.74) is 3.21. The van der Waals surface area contributed by atoms with Crippen LogP contribution in [0.3, 0.4) is 0 Å². The minimum absolute atomic E-state index is 0.111. The number of halogens is 1. The number of para-hydroxylation sites is 1. The van der Waals surface area contributed by atoms with Crippen LogP contribution in [0.15, 0.2) is 62.8 Å². The van der Waals surface area contributed by atoms with Crippen molar-refractivity contribution in [1.29, 1.82) is 0 Å². The Morgan fingerprint density at radius 2 is 1.75 bits per heavy atom. The Morgan fingerprint density at radius 3 is 2.50 bits per heavy atom. The zero-order chi connectivity index (χ0) is 19.5. The van der Waals surface area contributed by atoms with Crippen LogP contribution in [0.25, 0.3) is 16.7 Å². The Balaban J connectivity index is 1.54. The zero-order valence-corrected chi connectivity index (χ0v) is 16.8. The second-order valence-corrected chi connectivity index (χ2v) is 9.30. The van der Waals surface area contributed by atoms with Crippen LogP contribution >= 0.6 is 15.9 Å². The van der Waals surface area contributed by atoms with Gasteiger partial charge < -0.3 is 9.97 Å². The standard InChI is InChI=1S/C18H14BrN5O3S/c19-13-6-14-15(22-18(25)21-14)7-17(13)28(26,27)23-9-11-8-20-24(16(11)10-23)12-4-2-1-3-5-12/h1-8H,9-10H2,(H2,21,22,25). The van der Waals surface area contributed by atoms with Crippen molar-refractivity contribution in [2.24, 2.45) is 0 Å². The van der Waals surface area contributed by atoms with Crippen LogP contribution in [-0.2, 0) is 23.1 Å². The minimum atomic E-state index is -3.78. The average molecular weight is 460 g/mol. The number of nitrogens with one attached hydrogen (secondary N) is 2. The number of benzene rings is 2. The van der Waals surface area contributed by atoms with E-state index in [4.69, 9.17) is 0 Å². The first-order chi connectivity index (χ1) is 13.4. The van der Waals surface area contributed by atoms with E-state index in [1.807, 2.05) is 30.3 Å². The van der Waals surface area contributed by atoms with E-state index in [1.165, 1.54) is 10.4 Å². The van der Waals surface area contributed by atoms with Gasteiger partial charge in [0.25, 0.3) is 0 Å². The van der Waals surface area contributed by atoms with Gasteiger partial charge in [-0.3, -0.25) is 0 Å². The maximum Gasteiger partial charge on any atom is 0.323 e. The van der Waals surface area contributed by atoms with E-state index in [9.17, 15) is 13.2 Å². The van der Waals surface area contributed by atoms with E-state index >= 15 is 0 Å². The highest BCUT2D eigenvalue weighted by molar-refractivity contribution is 9.10. The summed E-state index contributed by atoms with van der Waals surface area (Å²) in [5, 5.41) is 4.40. The molecule has 2 N–H and O–H groups in total. The van der Waals surface area contributed by atoms with Crippen molar-refractivity contribution in [2.75, 3.05) is 0 Å². The van der Waals surface area contributed by atoms with Crippen molar-refractivity contribution >= 4 is 37.0 Å². The lowest BCUT2D eigenvalue weighted by Gasteiger charge is -2.17. The van der Waals surface area contributed by atoms with Crippen LogP contribution in [0.2, 0.25) is 0 Å². The molecule has 0 saturated heterocycles. The molecule has 142 valence electrons. The number of hydrogen-bond acceptors (Lipinski definition) is 4. The van der Waals surface area contributed by atoms with Gasteiger partial charge in [0.05, 0.1) is 40.1 Å². The first-order valence-corrected chi connectivity index (χ1v) is 10.7. The normalized spacial score (nSPS) is 14.6. The Bertz CT molecular complexity index is 1370. The SMILES string of the molecule is O=c1[nH]c2cc(Br)c(S(=O)(=O)N3Cc4cnn(-c5ccccc5)c4C3)cc2[nH]1. The van der Waals surface area contributed by atoms with E-state index in [1.54, 1.807) is 16.9 Å². The number of nitrogens with zero attached hydrogens (tertiary/aromatic N) is 3. The van der Waals surface area contributed by atoms with Gasteiger partial charge in [0.1, 0.15) is 0 Å². The second kappa shape index (κ2) is 6.16. The van der Waals surface area contributed by atoms with Crippen LogP contribution in [0.5, 0.6) is 0 Å². The van der Waals surface area contributed by atoms with Crippen LogP contribution in [-0.4, -0.2) is 32.5 Å². The summed E-state index contributed by atoms with van der Waals surface area (Å²) in [5.74, 6) is 0. The van der Waals surface area contributed by atoms with Crippen LogP contribution < -0.4 is 5.69 Å². The van der Waals surface area contributed by atoms with Gasteiger partial charge in [0.15, 0.2) is 0 Å². The van der Waals surface area contributed by atoms with E-state index in [0.29, 0.717) is 15.5 Å². The molecule has 0 bridgehead atoms. The van der Waals surface area contributed by atoms with Crippen molar-refractivity contribution < 1.29 is 8.42 Å². The van der Waals surface area contributed by atoms with Crippen LogP contribution in [0, 0.1) is 0 Å². The van der Waals surface area contributed by atoms with Gasteiger partial charge in [-0.25, -0.2) is 17.9 Å². The Kier molecular flexibility index (Phi) is 3.83. The summed E-state index contributed by atoms with van der Waals surface area (Å²) in [6, 6.07) is 12.7. The van der Waals surface area contributed by atoms with E-state index < -0.39 is 10.0 Å². The highest BCUT2D eigenvalue weighted by Gasteiger charge is 2.34. The topological polar surface area (TPSA) is 104 Å². The van der Waals surface area contributed by atoms with E-state index in [-0.39, 0.29) is 23.7 Å². The molecule has 5 rings (SSSR count). The molecule has 0 fully saturated rings. The van der Waals surface area contributed by atoms with Crippen molar-refractivity contribution in [3.8, 4) is 5.69 Å². The number of hydrogen-bond donors (Lipinski definition) is 2. The molecule has 28 heavy (non-hydrogen) atoms. The largest absolute Gasteiger partial charge is 0.323 e. The number of aromatic amines is 2. The molecule has 0 atom stereocenters. The first kappa shape index (κ1) is 17.4. The maximum absolute atomic E-state index is 13.3. The molecule has 10 heteroatoms. The van der Waals surface area contributed by atoms with Gasteiger partial charge in [-0.05, 0) is 40.2 Å². The molecule has 3 heterocycles. The second-order valence-electron chi connectivity index (χ2n) is 6.54. The number of H-pyrrole nitrogens is 2. The molecule has 2 aromatic carbocycles. The Morgan fingerprint density at radius 1 is 1.04 bits per heavy atom. The Hall–Kier alpha value is -2.69. The van der Waals surface area contributed by atoms with Crippen molar-refractivity contribution in [3.05, 3.63) is 74.9 Å². The van der Waals surface area contributed by atoms with Crippen molar-refractivity contribution in [3.63, 3.8) is 0 Å². The average Bonchev–Trinajstić information content (AvgIpc) is 3.34. The van der Waals surface area contributed by atoms with Gasteiger partial charge in [0, 0.05) is 16.6 Å². The Labute approximate surface area is 168 Å². The molecule has 0 amide bonds. The lowest BCUT2D eigenvalue weighted by atomic mass is 10.3. The van der Waals surface area contributed by atoms with Gasteiger partial charge in [0.2, 0.25) is 10.0 Å². The van der Waals surface area contributed by atoms with Crippen molar-refractivity contribution in [2.45, 2.75) is 18.0 Å². The van der Waals surface area contributed by atoms with Crippen molar-refractivity contribution in [1.82, 2.24) is 24.1 Å². The fourth-order valence-electron chi connectivity index (χ4n) is 3.46. The molecular formula is C18H14BrN5O3S. The summed E-state index contributed by atoms with van der Waals surface area (Å²) in [4.78, 5) is 16.8. The summed E-state index contributed by atoms with van der Waals surface area (Å²) < 4.78 is 30.1. The maximum atomic E-state index is 13.3. The molecule has 0 aliphatic carbocycles. The summed E-state index contributed by atoms with van der Waals surface area (Å²) in [6.07, 6.45) is 1.71. The predicted molar refractivity (Wildman–Crippen MR) is 107 cm³/mol. The number of aromatic nitrogens is 4. The minimum Gasteiger partial charge on any atom is -0.306 e. The molecule has 2 aromatic heterocycles. The smallest absolute Gasteiger partial charge is 0.306 e. The predicted octanol–water partition coefficient (Wildman–Crippen LogP) is 2.51. The van der Waals surface area contributed by atoms with Gasteiger partial charge in [-0.1, -0.05) is 18.2 Å². The third-order valence-corrected chi connectivity index (χ3v) is 7.57. The lowest BCUT2D eigenvalue weighted by Crippen LogP contribution is -2.26. The first-order valence-electron chi connectivity index (χ1n) is 8.46. The fourth-order valence-corrected chi connectivity index (χ4v) is 5.86. The van der Waals surface area contributed by atoms with Gasteiger partial charge in [-0.15, -0.1) is 0 Å². The van der Waals surface area contributed by atoms with E-state index in [0.717, 1.165) is 16.9 Å². The highest BCUT2D eigenvalue weighted by atomic mass is 79.9. The number of fused-ring (bicyclic) bond motifs is 2.